The molecule has 2 N–H and O–H groups in total. The Kier molecular flexibility index (Phi) is 5.51. The summed E-state index contributed by atoms with van der Waals surface area (Å²) in [6.07, 6.45) is 0.306. The van der Waals surface area contributed by atoms with Gasteiger partial charge in [0.1, 0.15) is 12.4 Å². The number of hydrogen-bond acceptors (Lipinski definition) is 4. The molecule has 2 unspecified atom stereocenters. The van der Waals surface area contributed by atoms with Crippen molar-refractivity contribution >= 4 is 0 Å². The minimum Gasteiger partial charge on any atom is -0.492 e. The lowest BCUT2D eigenvalue weighted by molar-refractivity contribution is -0.119. The molecule has 1 aliphatic heterocycles. The zero-order valence-electron chi connectivity index (χ0n) is 13.8. The second-order valence-corrected chi connectivity index (χ2v) is 6.49. The molecule has 0 radical (unpaired) electrons. The average Bonchev–Trinajstić information content (AvgIpc) is 2.60. The maximum absolute atomic E-state index is 10.8. The van der Waals surface area contributed by atoms with Crippen molar-refractivity contribution in [1.82, 2.24) is 4.90 Å². The molecule has 1 fully saturated rings. The van der Waals surface area contributed by atoms with Gasteiger partial charge in [-0.15, -0.1) is 0 Å². The van der Waals surface area contributed by atoms with E-state index in [4.69, 9.17) is 4.74 Å². The third-order valence-corrected chi connectivity index (χ3v) is 4.68. The van der Waals surface area contributed by atoms with Crippen LogP contribution < -0.4 is 4.74 Å². The summed E-state index contributed by atoms with van der Waals surface area (Å²) in [6, 6.07) is 19.6. The maximum atomic E-state index is 10.8. The summed E-state index contributed by atoms with van der Waals surface area (Å²) in [5.41, 5.74) is 0.0120. The van der Waals surface area contributed by atoms with Crippen LogP contribution in [0.2, 0.25) is 0 Å². The normalized spacial score (nSPS) is 24.7. The second-order valence-electron chi connectivity index (χ2n) is 6.49. The van der Waals surface area contributed by atoms with Crippen LogP contribution in [0.25, 0.3) is 0 Å². The van der Waals surface area contributed by atoms with E-state index < -0.39 is 11.7 Å². The van der Waals surface area contributed by atoms with E-state index in [9.17, 15) is 10.2 Å². The monoisotopic (exact) mass is 327 g/mol. The van der Waals surface area contributed by atoms with Gasteiger partial charge in [-0.3, -0.25) is 4.90 Å². The predicted molar refractivity (Wildman–Crippen MR) is 94.1 cm³/mol. The van der Waals surface area contributed by atoms with E-state index in [1.54, 1.807) is 0 Å². The number of nitrogens with zero attached hydrogens (tertiary/aromatic N) is 1. The van der Waals surface area contributed by atoms with Gasteiger partial charge in [-0.1, -0.05) is 48.5 Å². The van der Waals surface area contributed by atoms with E-state index in [-0.39, 0.29) is 0 Å². The van der Waals surface area contributed by atoms with Crippen LogP contribution in [0.3, 0.4) is 0 Å². The summed E-state index contributed by atoms with van der Waals surface area (Å²) in [4.78, 5) is 2.15. The maximum Gasteiger partial charge on any atom is 0.119 e. The topological polar surface area (TPSA) is 52.9 Å². The summed E-state index contributed by atoms with van der Waals surface area (Å²) in [6.45, 7) is 2.56. The van der Waals surface area contributed by atoms with Crippen LogP contribution in [0, 0.1) is 0 Å². The number of piperidine rings is 1. The highest BCUT2D eigenvalue weighted by molar-refractivity contribution is 5.21. The quantitative estimate of drug-likeness (QED) is 0.853. The van der Waals surface area contributed by atoms with Gasteiger partial charge in [-0.05, 0) is 24.1 Å². The SMILES string of the molecule is OC1CN(CCOc2ccccc2)CCC1(O)Cc1ccccc1. The first kappa shape index (κ1) is 17.0. The van der Waals surface area contributed by atoms with Gasteiger partial charge in [0.2, 0.25) is 0 Å². The van der Waals surface area contributed by atoms with Gasteiger partial charge in [-0.2, -0.15) is 0 Å². The van der Waals surface area contributed by atoms with Crippen molar-refractivity contribution < 1.29 is 14.9 Å². The molecular weight excluding hydrogens is 302 g/mol. The minimum atomic E-state index is -1.04. The first-order valence-corrected chi connectivity index (χ1v) is 8.50. The Morgan fingerprint density at radius 3 is 2.38 bits per heavy atom. The van der Waals surface area contributed by atoms with Crippen molar-refractivity contribution in [3.05, 3.63) is 66.2 Å². The number of rotatable bonds is 6. The Hall–Kier alpha value is -1.88. The summed E-state index contributed by atoms with van der Waals surface area (Å²) in [5.74, 6) is 0.857. The molecule has 4 heteroatoms. The van der Waals surface area contributed by atoms with Crippen LogP contribution in [0.4, 0.5) is 0 Å². The zero-order valence-corrected chi connectivity index (χ0v) is 13.8. The largest absolute Gasteiger partial charge is 0.492 e. The molecule has 2 atom stereocenters. The third-order valence-electron chi connectivity index (χ3n) is 4.68. The standard InChI is InChI=1S/C20H25NO3/c22-19-16-21(13-14-24-18-9-5-2-6-10-18)12-11-20(19,23)15-17-7-3-1-4-8-17/h1-10,19,22-23H,11-16H2. The number of ether oxygens (including phenoxy) is 1. The highest BCUT2D eigenvalue weighted by atomic mass is 16.5. The molecule has 24 heavy (non-hydrogen) atoms. The molecule has 3 rings (SSSR count). The Labute approximate surface area is 143 Å². The predicted octanol–water partition coefficient (Wildman–Crippen LogP) is 2.11. The van der Waals surface area contributed by atoms with Gasteiger partial charge < -0.3 is 14.9 Å². The van der Waals surface area contributed by atoms with Gasteiger partial charge in [-0.25, -0.2) is 0 Å². The molecule has 0 aromatic heterocycles. The van der Waals surface area contributed by atoms with Gasteiger partial charge in [0.05, 0.1) is 11.7 Å². The van der Waals surface area contributed by atoms with E-state index in [0.29, 0.717) is 26.0 Å². The molecule has 0 saturated carbocycles. The number of β-amino-alcohol motifs (C(OH)–C–C–N with tert-alkyl or cyclic N) is 1. The molecular formula is C20H25NO3. The summed E-state index contributed by atoms with van der Waals surface area (Å²) < 4.78 is 5.71. The first-order chi connectivity index (χ1) is 11.7. The Morgan fingerprint density at radius 1 is 1.04 bits per heavy atom. The minimum absolute atomic E-state index is 0.474. The molecule has 1 saturated heterocycles. The summed E-state index contributed by atoms with van der Waals surface area (Å²) in [5, 5.41) is 21.3. The number of benzene rings is 2. The van der Waals surface area contributed by atoms with Crippen molar-refractivity contribution in [3.8, 4) is 5.75 Å². The third kappa shape index (κ3) is 4.35. The van der Waals surface area contributed by atoms with Crippen molar-refractivity contribution in [3.63, 3.8) is 0 Å². The Bertz CT molecular complexity index is 619. The van der Waals surface area contributed by atoms with E-state index in [1.807, 2.05) is 60.7 Å². The lowest BCUT2D eigenvalue weighted by Crippen LogP contribution is -2.57. The lowest BCUT2D eigenvalue weighted by atomic mass is 9.83. The lowest BCUT2D eigenvalue weighted by Gasteiger charge is -2.42. The van der Waals surface area contributed by atoms with Crippen LogP contribution in [0.15, 0.2) is 60.7 Å². The molecule has 128 valence electrons. The summed E-state index contributed by atoms with van der Waals surface area (Å²) >= 11 is 0. The fourth-order valence-electron chi connectivity index (χ4n) is 3.19. The van der Waals surface area contributed by atoms with Crippen molar-refractivity contribution in [2.24, 2.45) is 0 Å². The Balaban J connectivity index is 1.48. The van der Waals surface area contributed by atoms with Crippen LogP contribution in [-0.2, 0) is 6.42 Å². The molecule has 2 aromatic carbocycles. The molecule has 1 heterocycles. The van der Waals surface area contributed by atoms with Gasteiger partial charge in [0.25, 0.3) is 0 Å². The van der Waals surface area contributed by atoms with Crippen LogP contribution >= 0.6 is 0 Å². The molecule has 1 aliphatic rings. The van der Waals surface area contributed by atoms with Crippen molar-refractivity contribution in [1.29, 1.82) is 0 Å². The number of hydrogen-bond donors (Lipinski definition) is 2. The second kappa shape index (κ2) is 7.79. The highest BCUT2D eigenvalue weighted by Crippen LogP contribution is 2.26. The first-order valence-electron chi connectivity index (χ1n) is 8.50. The number of para-hydroxylation sites is 1. The van der Waals surface area contributed by atoms with Crippen molar-refractivity contribution in [2.75, 3.05) is 26.2 Å². The smallest absolute Gasteiger partial charge is 0.119 e. The zero-order chi connectivity index (χ0) is 16.8. The molecule has 4 nitrogen and oxygen atoms in total. The number of likely N-dealkylation sites (tertiary alicyclic amines) is 1. The average molecular weight is 327 g/mol. The van der Waals surface area contributed by atoms with Crippen molar-refractivity contribution in [2.45, 2.75) is 24.5 Å². The van der Waals surface area contributed by atoms with E-state index in [2.05, 4.69) is 4.90 Å². The molecule has 0 amide bonds. The fourth-order valence-corrected chi connectivity index (χ4v) is 3.19. The number of aliphatic hydroxyl groups excluding tert-OH is 1. The van der Waals surface area contributed by atoms with E-state index in [0.717, 1.165) is 24.4 Å². The van der Waals surface area contributed by atoms with E-state index in [1.165, 1.54) is 0 Å². The fraction of sp³-hybridized carbons (Fsp3) is 0.400. The summed E-state index contributed by atoms with van der Waals surface area (Å²) in [7, 11) is 0. The van der Waals surface area contributed by atoms with Gasteiger partial charge in [0, 0.05) is 26.1 Å². The molecule has 0 bridgehead atoms. The van der Waals surface area contributed by atoms with Gasteiger partial charge in [0.15, 0.2) is 0 Å². The Morgan fingerprint density at radius 2 is 1.71 bits per heavy atom. The highest BCUT2D eigenvalue weighted by Gasteiger charge is 2.40. The van der Waals surface area contributed by atoms with E-state index >= 15 is 0 Å². The van der Waals surface area contributed by atoms with Gasteiger partial charge >= 0.3 is 0 Å². The number of aliphatic hydroxyl groups is 2. The molecule has 2 aromatic rings. The molecule has 0 spiro atoms. The van der Waals surface area contributed by atoms with Crippen LogP contribution in [0.1, 0.15) is 12.0 Å². The van der Waals surface area contributed by atoms with Crippen LogP contribution in [-0.4, -0.2) is 53.1 Å². The van der Waals surface area contributed by atoms with Crippen LogP contribution in [0.5, 0.6) is 5.75 Å². The molecule has 0 aliphatic carbocycles.